The average molecular weight is 252 g/mol. The Morgan fingerprint density at radius 3 is 3.00 bits per heavy atom. The number of nitrogens with one attached hydrogen (secondary N) is 2. The maximum Gasteiger partial charge on any atom is 0.320 e. The Bertz CT molecular complexity index is 424. The lowest BCUT2D eigenvalue weighted by atomic mass is 10.1. The molecule has 0 spiro atoms. The molecule has 6 nitrogen and oxygen atoms in total. The highest BCUT2D eigenvalue weighted by Gasteiger charge is 2.23. The molecule has 0 radical (unpaired) electrons. The molecule has 1 saturated heterocycles. The Balaban J connectivity index is 1.86. The van der Waals surface area contributed by atoms with E-state index < -0.39 is 0 Å². The van der Waals surface area contributed by atoms with Crippen LogP contribution in [0.3, 0.4) is 0 Å². The molecule has 1 aromatic heterocycles. The van der Waals surface area contributed by atoms with Gasteiger partial charge in [0.05, 0.1) is 17.8 Å². The first-order valence-electron chi connectivity index (χ1n) is 6.26. The minimum Gasteiger partial charge on any atom is -0.376 e. The van der Waals surface area contributed by atoms with Crippen molar-refractivity contribution >= 4 is 11.8 Å². The zero-order valence-electron chi connectivity index (χ0n) is 11.1. The molecule has 1 fully saturated rings. The second-order valence-corrected chi connectivity index (χ2v) is 4.73. The number of amides is 2. The van der Waals surface area contributed by atoms with Gasteiger partial charge in [-0.25, -0.2) is 4.79 Å². The molecule has 0 saturated carbocycles. The molecule has 2 heterocycles. The summed E-state index contributed by atoms with van der Waals surface area (Å²) in [6.07, 6.45) is 2.20. The van der Waals surface area contributed by atoms with Crippen molar-refractivity contribution in [2.24, 2.45) is 7.05 Å². The Kier molecular flexibility index (Phi) is 3.86. The number of aromatic nitrogens is 2. The lowest BCUT2D eigenvalue weighted by molar-refractivity contribution is 0.0868. The topological polar surface area (TPSA) is 68.2 Å². The number of aryl methyl sites for hydroxylation is 2. The van der Waals surface area contributed by atoms with Crippen molar-refractivity contribution in [3.8, 4) is 0 Å². The molecule has 0 aliphatic carbocycles. The first-order valence-corrected chi connectivity index (χ1v) is 6.26. The van der Waals surface area contributed by atoms with Gasteiger partial charge in [-0.05, 0) is 26.7 Å². The SMILES string of the molecule is Cc1cc(NC(=O)N[C@H](C)[C@H]2CCCO2)n(C)n1. The second-order valence-electron chi connectivity index (χ2n) is 4.73. The van der Waals surface area contributed by atoms with Gasteiger partial charge in [0, 0.05) is 19.7 Å². The molecule has 2 rings (SSSR count). The van der Waals surface area contributed by atoms with Crippen LogP contribution in [0.25, 0.3) is 0 Å². The number of rotatable bonds is 3. The van der Waals surface area contributed by atoms with E-state index in [1.54, 1.807) is 11.7 Å². The number of nitrogens with zero attached hydrogens (tertiary/aromatic N) is 2. The van der Waals surface area contributed by atoms with E-state index in [0.717, 1.165) is 25.1 Å². The number of hydrogen-bond donors (Lipinski definition) is 2. The van der Waals surface area contributed by atoms with E-state index in [0.29, 0.717) is 5.82 Å². The predicted octanol–water partition coefficient (Wildman–Crippen LogP) is 1.42. The van der Waals surface area contributed by atoms with Gasteiger partial charge >= 0.3 is 6.03 Å². The highest BCUT2D eigenvalue weighted by atomic mass is 16.5. The summed E-state index contributed by atoms with van der Waals surface area (Å²) in [5.74, 6) is 0.685. The monoisotopic (exact) mass is 252 g/mol. The van der Waals surface area contributed by atoms with Gasteiger partial charge in [0.2, 0.25) is 0 Å². The summed E-state index contributed by atoms with van der Waals surface area (Å²) in [7, 11) is 1.80. The van der Waals surface area contributed by atoms with Crippen molar-refractivity contribution in [3.63, 3.8) is 0 Å². The van der Waals surface area contributed by atoms with Crippen LogP contribution in [0.4, 0.5) is 10.6 Å². The van der Waals surface area contributed by atoms with Crippen LogP contribution in [0.1, 0.15) is 25.5 Å². The largest absolute Gasteiger partial charge is 0.376 e. The van der Waals surface area contributed by atoms with Crippen molar-refractivity contribution in [2.45, 2.75) is 38.8 Å². The lowest BCUT2D eigenvalue weighted by Gasteiger charge is -2.20. The molecule has 2 amide bonds. The number of carbonyl (C=O) groups is 1. The first kappa shape index (κ1) is 12.9. The second kappa shape index (κ2) is 5.39. The van der Waals surface area contributed by atoms with Crippen LogP contribution in [0, 0.1) is 6.92 Å². The molecule has 1 aliphatic rings. The van der Waals surface area contributed by atoms with Gasteiger partial charge in [-0.15, -0.1) is 0 Å². The fourth-order valence-electron chi connectivity index (χ4n) is 2.18. The number of anilines is 1. The summed E-state index contributed by atoms with van der Waals surface area (Å²) in [6.45, 7) is 4.64. The Morgan fingerprint density at radius 2 is 2.44 bits per heavy atom. The molecule has 0 bridgehead atoms. The number of urea groups is 1. The van der Waals surface area contributed by atoms with E-state index in [-0.39, 0.29) is 18.2 Å². The van der Waals surface area contributed by atoms with Crippen LogP contribution in [0.5, 0.6) is 0 Å². The van der Waals surface area contributed by atoms with Gasteiger partial charge in [0.25, 0.3) is 0 Å². The molecular formula is C12H20N4O2. The summed E-state index contributed by atoms with van der Waals surface area (Å²) in [6, 6.07) is 1.62. The van der Waals surface area contributed by atoms with Crippen LogP contribution in [0.2, 0.25) is 0 Å². The van der Waals surface area contributed by atoms with Crippen molar-refractivity contribution in [1.82, 2.24) is 15.1 Å². The molecule has 1 aromatic rings. The summed E-state index contributed by atoms with van der Waals surface area (Å²) in [4.78, 5) is 11.8. The predicted molar refractivity (Wildman–Crippen MR) is 68.5 cm³/mol. The average Bonchev–Trinajstić information content (AvgIpc) is 2.89. The van der Waals surface area contributed by atoms with E-state index in [1.165, 1.54) is 0 Å². The fourth-order valence-corrected chi connectivity index (χ4v) is 2.18. The summed E-state index contributed by atoms with van der Waals surface area (Å²) < 4.78 is 7.18. The van der Waals surface area contributed by atoms with E-state index in [9.17, 15) is 4.79 Å². The molecule has 2 N–H and O–H groups in total. The third-order valence-electron chi connectivity index (χ3n) is 3.12. The van der Waals surface area contributed by atoms with Gasteiger partial charge in [-0.3, -0.25) is 10.00 Å². The Morgan fingerprint density at radius 1 is 1.67 bits per heavy atom. The van der Waals surface area contributed by atoms with Crippen molar-refractivity contribution in [3.05, 3.63) is 11.8 Å². The molecule has 18 heavy (non-hydrogen) atoms. The third-order valence-corrected chi connectivity index (χ3v) is 3.12. The van der Waals surface area contributed by atoms with Gasteiger partial charge < -0.3 is 10.1 Å². The minimum atomic E-state index is -0.221. The minimum absolute atomic E-state index is 0.0156. The van der Waals surface area contributed by atoms with Crippen LogP contribution in [0.15, 0.2) is 6.07 Å². The van der Waals surface area contributed by atoms with Crippen LogP contribution < -0.4 is 10.6 Å². The van der Waals surface area contributed by atoms with E-state index in [2.05, 4.69) is 15.7 Å². The van der Waals surface area contributed by atoms with Crippen molar-refractivity contribution < 1.29 is 9.53 Å². The Hall–Kier alpha value is -1.56. The van der Waals surface area contributed by atoms with Crippen LogP contribution in [-0.4, -0.2) is 34.6 Å². The molecule has 100 valence electrons. The molecule has 6 heteroatoms. The van der Waals surface area contributed by atoms with Crippen molar-refractivity contribution in [1.29, 1.82) is 0 Å². The quantitative estimate of drug-likeness (QED) is 0.854. The molecular weight excluding hydrogens is 232 g/mol. The lowest BCUT2D eigenvalue weighted by Crippen LogP contribution is -2.43. The number of hydrogen-bond acceptors (Lipinski definition) is 3. The fraction of sp³-hybridized carbons (Fsp3) is 0.667. The van der Waals surface area contributed by atoms with Gasteiger partial charge in [-0.1, -0.05) is 0 Å². The van der Waals surface area contributed by atoms with E-state index in [4.69, 9.17) is 4.74 Å². The number of carbonyl (C=O) groups excluding carboxylic acids is 1. The normalized spacial score (nSPS) is 20.7. The standard InChI is InChI=1S/C12H20N4O2/c1-8-7-11(16(3)15-8)14-12(17)13-9(2)10-5-4-6-18-10/h7,9-10H,4-6H2,1-3H3,(H2,13,14,17)/t9-,10-/m1/s1. The van der Waals surface area contributed by atoms with Gasteiger partial charge in [-0.2, -0.15) is 5.10 Å². The summed E-state index contributed by atoms with van der Waals surface area (Å²) >= 11 is 0. The highest BCUT2D eigenvalue weighted by molar-refractivity contribution is 5.88. The summed E-state index contributed by atoms with van der Waals surface area (Å²) in [5.41, 5.74) is 0.875. The third kappa shape index (κ3) is 3.01. The zero-order valence-corrected chi connectivity index (χ0v) is 11.1. The maximum atomic E-state index is 11.8. The first-order chi connectivity index (χ1) is 8.56. The van der Waals surface area contributed by atoms with Gasteiger partial charge in [0.15, 0.2) is 0 Å². The number of ether oxygens (including phenoxy) is 1. The maximum absolute atomic E-state index is 11.8. The van der Waals surface area contributed by atoms with Gasteiger partial charge in [0.1, 0.15) is 5.82 Å². The van der Waals surface area contributed by atoms with E-state index >= 15 is 0 Å². The molecule has 1 aliphatic heterocycles. The summed E-state index contributed by atoms with van der Waals surface area (Å²) in [5, 5.41) is 9.84. The van der Waals surface area contributed by atoms with Crippen LogP contribution >= 0.6 is 0 Å². The molecule has 0 aromatic carbocycles. The zero-order chi connectivity index (χ0) is 13.1. The van der Waals surface area contributed by atoms with Crippen LogP contribution in [-0.2, 0) is 11.8 Å². The molecule has 2 atom stereocenters. The smallest absolute Gasteiger partial charge is 0.320 e. The van der Waals surface area contributed by atoms with Crippen molar-refractivity contribution in [2.75, 3.05) is 11.9 Å². The Labute approximate surface area is 107 Å². The highest BCUT2D eigenvalue weighted by Crippen LogP contribution is 2.15. The van der Waals surface area contributed by atoms with E-state index in [1.807, 2.05) is 19.9 Å². The molecule has 0 unspecified atom stereocenters.